The van der Waals surface area contributed by atoms with Gasteiger partial charge in [-0.05, 0) is 49.2 Å². The molecule has 180 valence electrons. The molecular weight excluding hydrogens is 477 g/mol. The summed E-state index contributed by atoms with van der Waals surface area (Å²) in [6.07, 6.45) is -3.10. The largest absolute Gasteiger partial charge is 0.484 e. The molecular formula is C22H19F3N2O6S. The van der Waals surface area contributed by atoms with Crippen LogP contribution in [0.15, 0.2) is 62.6 Å². The lowest BCUT2D eigenvalue weighted by Crippen LogP contribution is -2.27. The molecule has 1 amide bonds. The maximum atomic E-state index is 13.1. The van der Waals surface area contributed by atoms with Gasteiger partial charge in [0, 0.05) is 36.3 Å². The van der Waals surface area contributed by atoms with Gasteiger partial charge >= 0.3 is 11.8 Å². The number of nitrogens with one attached hydrogen (secondary N) is 1. The number of halogens is 3. The second-order valence-corrected chi connectivity index (χ2v) is 9.55. The number of carbonyl (C=O) groups excluding carboxylic acids is 1. The summed E-state index contributed by atoms with van der Waals surface area (Å²) in [4.78, 5) is 23.8. The first-order valence-electron chi connectivity index (χ1n) is 10.2. The summed E-state index contributed by atoms with van der Waals surface area (Å²) in [6, 6.07) is 9.47. The highest BCUT2D eigenvalue weighted by molar-refractivity contribution is 7.89. The van der Waals surface area contributed by atoms with Gasteiger partial charge in [0.1, 0.15) is 11.3 Å². The van der Waals surface area contributed by atoms with Crippen molar-refractivity contribution in [2.45, 2.75) is 23.9 Å². The Hall–Kier alpha value is -3.38. The van der Waals surface area contributed by atoms with Gasteiger partial charge in [-0.15, -0.1) is 0 Å². The van der Waals surface area contributed by atoms with Crippen molar-refractivity contribution >= 4 is 32.6 Å². The van der Waals surface area contributed by atoms with E-state index in [1.54, 1.807) is 0 Å². The fourth-order valence-electron chi connectivity index (χ4n) is 3.60. The minimum Gasteiger partial charge on any atom is -0.484 e. The molecule has 1 N–H and O–H groups in total. The van der Waals surface area contributed by atoms with Crippen LogP contribution in [-0.2, 0) is 21.0 Å². The number of nitrogens with zero attached hydrogens (tertiary/aromatic N) is 1. The van der Waals surface area contributed by atoms with E-state index in [0.29, 0.717) is 24.8 Å². The van der Waals surface area contributed by atoms with Crippen molar-refractivity contribution in [3.63, 3.8) is 0 Å². The lowest BCUT2D eigenvalue weighted by atomic mass is 10.1. The Kier molecular flexibility index (Phi) is 6.36. The number of hydrogen-bond acceptors (Lipinski definition) is 6. The molecule has 0 saturated carbocycles. The highest BCUT2D eigenvalue weighted by Crippen LogP contribution is 2.34. The smallest absolute Gasteiger partial charge is 0.417 e. The zero-order valence-corrected chi connectivity index (χ0v) is 18.4. The Balaban J connectivity index is 1.41. The normalized spacial score (nSPS) is 14.9. The van der Waals surface area contributed by atoms with Crippen molar-refractivity contribution in [1.82, 2.24) is 4.31 Å². The van der Waals surface area contributed by atoms with Crippen molar-refractivity contribution in [2.24, 2.45) is 0 Å². The molecule has 0 unspecified atom stereocenters. The van der Waals surface area contributed by atoms with E-state index >= 15 is 0 Å². The maximum absolute atomic E-state index is 13.1. The molecule has 8 nitrogen and oxygen atoms in total. The molecule has 0 bridgehead atoms. The molecule has 4 rings (SSSR count). The molecule has 1 saturated heterocycles. The third-order valence-electron chi connectivity index (χ3n) is 5.23. The average Bonchev–Trinajstić information content (AvgIpc) is 3.32. The lowest BCUT2D eigenvalue weighted by molar-refractivity contribution is -0.136. The monoisotopic (exact) mass is 496 g/mol. The molecule has 0 atom stereocenters. The Morgan fingerprint density at radius 2 is 1.74 bits per heavy atom. The molecule has 0 radical (unpaired) electrons. The summed E-state index contributed by atoms with van der Waals surface area (Å²) in [5, 5.41) is 2.23. The zero-order chi connectivity index (χ0) is 24.5. The second kappa shape index (κ2) is 9.11. The molecule has 1 aliphatic rings. The number of anilines is 1. The van der Waals surface area contributed by atoms with Crippen molar-refractivity contribution in [3.05, 3.63) is 64.5 Å². The third-order valence-corrected chi connectivity index (χ3v) is 7.15. The minimum absolute atomic E-state index is 0.0252. The van der Waals surface area contributed by atoms with E-state index in [2.05, 4.69) is 5.32 Å². The molecule has 3 aromatic rings. The van der Waals surface area contributed by atoms with Crippen molar-refractivity contribution in [3.8, 4) is 5.75 Å². The molecule has 0 aliphatic carbocycles. The number of benzene rings is 2. The standard InChI is InChI=1S/C22H19F3N2O6S/c23-22(24,25)18-12-21(29)33-19-11-15(5-8-17(18)19)32-13-20(28)26-14-3-6-16(7-4-14)34(30,31)27-9-1-2-10-27/h3-8,11-12H,1-2,9-10,13H2,(H,26,28). The van der Waals surface area contributed by atoms with Crippen molar-refractivity contribution in [2.75, 3.05) is 25.0 Å². The number of alkyl halides is 3. The van der Waals surface area contributed by atoms with Gasteiger partial charge in [0.15, 0.2) is 6.61 Å². The van der Waals surface area contributed by atoms with E-state index in [1.165, 1.54) is 34.6 Å². The maximum Gasteiger partial charge on any atom is 0.417 e. The molecule has 1 aromatic heterocycles. The number of hydrogen-bond donors (Lipinski definition) is 1. The van der Waals surface area contributed by atoms with Crippen molar-refractivity contribution < 1.29 is 35.5 Å². The number of carbonyl (C=O) groups is 1. The lowest BCUT2D eigenvalue weighted by Gasteiger charge is -2.15. The minimum atomic E-state index is -4.74. The molecule has 0 spiro atoms. The molecule has 2 heterocycles. The Bertz CT molecular complexity index is 1380. The molecule has 34 heavy (non-hydrogen) atoms. The average molecular weight is 496 g/mol. The fourth-order valence-corrected chi connectivity index (χ4v) is 5.12. The SMILES string of the molecule is O=C(COc1ccc2c(C(F)(F)F)cc(=O)oc2c1)Nc1ccc(S(=O)(=O)N2CCCC2)cc1. The summed E-state index contributed by atoms with van der Waals surface area (Å²) < 4.78 is 76.0. The van der Waals surface area contributed by atoms with Gasteiger partial charge in [-0.3, -0.25) is 4.79 Å². The molecule has 1 fully saturated rings. The highest BCUT2D eigenvalue weighted by Gasteiger charge is 2.34. The van der Waals surface area contributed by atoms with Crippen molar-refractivity contribution in [1.29, 1.82) is 0 Å². The van der Waals surface area contributed by atoms with Gasteiger partial charge in [-0.1, -0.05) is 0 Å². The van der Waals surface area contributed by atoms with Gasteiger partial charge in [0.25, 0.3) is 5.91 Å². The van der Waals surface area contributed by atoms with E-state index in [0.717, 1.165) is 25.0 Å². The van der Waals surface area contributed by atoms with Crippen LogP contribution >= 0.6 is 0 Å². The van der Waals surface area contributed by atoms with Crippen LogP contribution in [0.4, 0.5) is 18.9 Å². The summed E-state index contributed by atoms with van der Waals surface area (Å²) in [7, 11) is -3.57. The number of rotatable bonds is 6. The van der Waals surface area contributed by atoms with E-state index in [-0.39, 0.29) is 21.6 Å². The Labute approximate surface area is 192 Å². The summed E-state index contributed by atoms with van der Waals surface area (Å²) >= 11 is 0. The second-order valence-electron chi connectivity index (χ2n) is 7.61. The fraction of sp³-hybridized carbons (Fsp3) is 0.273. The van der Waals surface area contributed by atoms with Crippen LogP contribution in [0.25, 0.3) is 11.0 Å². The first kappa shape index (κ1) is 23.8. The van der Waals surface area contributed by atoms with Gasteiger partial charge in [-0.25, -0.2) is 13.2 Å². The molecule has 1 aliphatic heterocycles. The van der Waals surface area contributed by atoms with Gasteiger partial charge in [-0.2, -0.15) is 17.5 Å². The zero-order valence-electron chi connectivity index (χ0n) is 17.6. The first-order chi connectivity index (χ1) is 16.0. The number of ether oxygens (including phenoxy) is 1. The van der Waals surface area contributed by atoms with Gasteiger partial charge in [0.2, 0.25) is 10.0 Å². The van der Waals surface area contributed by atoms with Gasteiger partial charge in [0.05, 0.1) is 10.5 Å². The topological polar surface area (TPSA) is 106 Å². The van der Waals surface area contributed by atoms with Crippen LogP contribution in [0.5, 0.6) is 5.75 Å². The summed E-state index contributed by atoms with van der Waals surface area (Å²) in [6.45, 7) is 0.476. The predicted octanol–water partition coefficient (Wildman–Crippen LogP) is 3.61. The van der Waals surface area contributed by atoms with E-state index in [1.807, 2.05) is 0 Å². The summed E-state index contributed by atoms with van der Waals surface area (Å²) in [5.41, 5.74) is -2.27. The van der Waals surface area contributed by atoms with Crippen LogP contribution < -0.4 is 15.7 Å². The van der Waals surface area contributed by atoms with Crippen LogP contribution in [0.1, 0.15) is 18.4 Å². The summed E-state index contributed by atoms with van der Waals surface area (Å²) in [5.74, 6) is -0.557. The van der Waals surface area contributed by atoms with Crippen LogP contribution in [0, 0.1) is 0 Å². The number of sulfonamides is 1. The number of fused-ring (bicyclic) bond motifs is 1. The quantitative estimate of drug-likeness (QED) is 0.523. The molecule has 2 aromatic carbocycles. The highest BCUT2D eigenvalue weighted by atomic mass is 32.2. The van der Waals surface area contributed by atoms with E-state index in [9.17, 15) is 31.2 Å². The van der Waals surface area contributed by atoms with Gasteiger partial charge < -0.3 is 14.5 Å². The predicted molar refractivity (Wildman–Crippen MR) is 116 cm³/mol. The first-order valence-corrected chi connectivity index (χ1v) is 11.7. The Morgan fingerprint density at radius 3 is 2.38 bits per heavy atom. The third kappa shape index (κ3) is 5.07. The van der Waals surface area contributed by atoms with E-state index in [4.69, 9.17) is 9.15 Å². The number of amides is 1. The van der Waals surface area contributed by atoms with E-state index < -0.39 is 39.9 Å². The Morgan fingerprint density at radius 1 is 1.06 bits per heavy atom. The van der Waals surface area contributed by atoms with Crippen LogP contribution in [0.2, 0.25) is 0 Å². The van der Waals surface area contributed by atoms with Crippen LogP contribution in [0.3, 0.4) is 0 Å². The van der Waals surface area contributed by atoms with Crippen LogP contribution in [-0.4, -0.2) is 38.3 Å². The molecule has 12 heteroatoms.